The van der Waals surface area contributed by atoms with Gasteiger partial charge in [0.15, 0.2) is 0 Å². The summed E-state index contributed by atoms with van der Waals surface area (Å²) < 4.78 is 0. The molecule has 0 aliphatic carbocycles. The summed E-state index contributed by atoms with van der Waals surface area (Å²) in [5, 5.41) is 3.50. The molecule has 0 fully saturated rings. The van der Waals surface area contributed by atoms with Crippen molar-refractivity contribution in [1.82, 2.24) is 4.90 Å². The van der Waals surface area contributed by atoms with Gasteiger partial charge in [-0.25, -0.2) is 0 Å². The molecule has 0 saturated carbocycles. The standard InChI is InChI=1S/C17H13ClN2O2/c18-13-7-4-8-14(9-13)19-15-10-16(21)20(17(15)22)11-12-5-2-1-3-6-12/h1-10,19H,11H2. The zero-order valence-corrected chi connectivity index (χ0v) is 12.4. The first-order chi connectivity index (χ1) is 10.6. The summed E-state index contributed by atoms with van der Waals surface area (Å²) in [6.07, 6.45) is 1.31. The summed E-state index contributed by atoms with van der Waals surface area (Å²) in [4.78, 5) is 25.6. The molecule has 0 aromatic heterocycles. The Labute approximate surface area is 133 Å². The number of nitrogens with one attached hydrogen (secondary N) is 1. The second-order valence-corrected chi connectivity index (χ2v) is 5.34. The van der Waals surface area contributed by atoms with Crippen LogP contribution >= 0.6 is 11.6 Å². The molecule has 2 amide bonds. The Hall–Kier alpha value is -2.59. The van der Waals surface area contributed by atoms with Crippen LogP contribution in [0, 0.1) is 0 Å². The zero-order valence-electron chi connectivity index (χ0n) is 11.6. The summed E-state index contributed by atoms with van der Waals surface area (Å²) >= 11 is 5.91. The van der Waals surface area contributed by atoms with Gasteiger partial charge in [0, 0.05) is 16.8 Å². The number of rotatable bonds is 4. The molecule has 1 aliphatic heterocycles. The summed E-state index contributed by atoms with van der Waals surface area (Å²) in [5.41, 5.74) is 1.83. The third-order valence-electron chi connectivity index (χ3n) is 3.30. The molecule has 2 aromatic rings. The van der Waals surface area contributed by atoms with Crippen LogP contribution in [0.3, 0.4) is 0 Å². The molecule has 110 valence electrons. The van der Waals surface area contributed by atoms with Gasteiger partial charge in [-0.3, -0.25) is 14.5 Å². The van der Waals surface area contributed by atoms with E-state index in [1.54, 1.807) is 24.3 Å². The van der Waals surface area contributed by atoms with Gasteiger partial charge in [0.2, 0.25) is 0 Å². The number of imide groups is 1. The van der Waals surface area contributed by atoms with Gasteiger partial charge in [-0.1, -0.05) is 48.0 Å². The third kappa shape index (κ3) is 3.02. The fraction of sp³-hybridized carbons (Fsp3) is 0.0588. The van der Waals surface area contributed by atoms with Crippen LogP contribution in [0.2, 0.25) is 5.02 Å². The van der Waals surface area contributed by atoms with Crippen LogP contribution in [-0.4, -0.2) is 16.7 Å². The van der Waals surface area contributed by atoms with E-state index in [9.17, 15) is 9.59 Å². The van der Waals surface area contributed by atoms with Gasteiger partial charge in [0.25, 0.3) is 11.8 Å². The molecule has 2 aromatic carbocycles. The molecule has 0 radical (unpaired) electrons. The van der Waals surface area contributed by atoms with Gasteiger partial charge in [0.05, 0.1) is 6.54 Å². The Bertz CT molecular complexity index is 756. The topological polar surface area (TPSA) is 49.4 Å². The average molecular weight is 313 g/mol. The van der Waals surface area contributed by atoms with E-state index in [-0.39, 0.29) is 24.1 Å². The average Bonchev–Trinajstić information content (AvgIpc) is 2.76. The highest BCUT2D eigenvalue weighted by Gasteiger charge is 2.31. The second-order valence-electron chi connectivity index (χ2n) is 4.91. The number of amides is 2. The number of carbonyl (C=O) groups is 2. The molecule has 0 unspecified atom stereocenters. The highest BCUT2D eigenvalue weighted by Crippen LogP contribution is 2.21. The van der Waals surface area contributed by atoms with Crippen molar-refractivity contribution in [3.8, 4) is 0 Å². The molecule has 1 aliphatic rings. The zero-order chi connectivity index (χ0) is 15.5. The SMILES string of the molecule is O=C1C=C(Nc2cccc(Cl)c2)C(=O)N1Cc1ccccc1. The lowest BCUT2D eigenvalue weighted by Crippen LogP contribution is -2.31. The van der Waals surface area contributed by atoms with E-state index >= 15 is 0 Å². The van der Waals surface area contributed by atoms with Crippen LogP contribution in [0.1, 0.15) is 5.56 Å². The summed E-state index contributed by atoms with van der Waals surface area (Å²) in [7, 11) is 0. The minimum atomic E-state index is -0.339. The van der Waals surface area contributed by atoms with Crippen LogP contribution in [0.25, 0.3) is 0 Å². The van der Waals surface area contributed by atoms with Crippen molar-refractivity contribution in [3.63, 3.8) is 0 Å². The van der Waals surface area contributed by atoms with Crippen molar-refractivity contribution in [1.29, 1.82) is 0 Å². The van der Waals surface area contributed by atoms with Crippen LogP contribution in [0.15, 0.2) is 66.4 Å². The Kier molecular flexibility index (Phi) is 3.94. The number of benzene rings is 2. The molecule has 3 rings (SSSR count). The Morgan fingerprint density at radius 1 is 1.00 bits per heavy atom. The largest absolute Gasteiger partial charge is 0.351 e. The molecule has 0 spiro atoms. The Balaban J connectivity index is 1.74. The van der Waals surface area contributed by atoms with Crippen molar-refractivity contribution in [2.75, 3.05) is 5.32 Å². The summed E-state index contributed by atoms with van der Waals surface area (Å²) in [6.45, 7) is 0.260. The molecule has 0 bridgehead atoms. The monoisotopic (exact) mass is 312 g/mol. The molecule has 1 heterocycles. The van der Waals surface area contributed by atoms with Crippen molar-refractivity contribution >= 4 is 29.1 Å². The van der Waals surface area contributed by atoms with E-state index in [4.69, 9.17) is 11.6 Å². The number of carbonyl (C=O) groups excluding carboxylic acids is 2. The minimum absolute atomic E-state index is 0.253. The van der Waals surface area contributed by atoms with Crippen LogP contribution < -0.4 is 5.32 Å². The van der Waals surface area contributed by atoms with Crippen LogP contribution in [-0.2, 0) is 16.1 Å². The Morgan fingerprint density at radius 3 is 2.50 bits per heavy atom. The minimum Gasteiger partial charge on any atom is -0.351 e. The van der Waals surface area contributed by atoms with E-state index < -0.39 is 0 Å². The fourth-order valence-electron chi connectivity index (χ4n) is 2.24. The van der Waals surface area contributed by atoms with Crippen molar-refractivity contribution in [2.45, 2.75) is 6.54 Å². The molecule has 0 saturated heterocycles. The van der Waals surface area contributed by atoms with Gasteiger partial charge in [-0.2, -0.15) is 0 Å². The first-order valence-electron chi connectivity index (χ1n) is 6.77. The lowest BCUT2D eigenvalue weighted by Gasteiger charge is -2.15. The number of anilines is 1. The smallest absolute Gasteiger partial charge is 0.277 e. The van der Waals surface area contributed by atoms with Crippen LogP contribution in [0.5, 0.6) is 0 Å². The van der Waals surface area contributed by atoms with Crippen molar-refractivity contribution < 1.29 is 9.59 Å². The maximum absolute atomic E-state index is 12.4. The Morgan fingerprint density at radius 2 is 1.77 bits per heavy atom. The number of nitrogens with zero attached hydrogens (tertiary/aromatic N) is 1. The van der Waals surface area contributed by atoms with Crippen LogP contribution in [0.4, 0.5) is 5.69 Å². The van der Waals surface area contributed by atoms with E-state index in [1.165, 1.54) is 11.0 Å². The highest BCUT2D eigenvalue weighted by atomic mass is 35.5. The van der Waals surface area contributed by atoms with Gasteiger partial charge >= 0.3 is 0 Å². The van der Waals surface area contributed by atoms with E-state index in [1.807, 2.05) is 30.3 Å². The van der Waals surface area contributed by atoms with Gasteiger partial charge in [-0.05, 0) is 23.8 Å². The molecule has 4 nitrogen and oxygen atoms in total. The highest BCUT2D eigenvalue weighted by molar-refractivity contribution is 6.30. The molecular weight excluding hydrogens is 300 g/mol. The first-order valence-corrected chi connectivity index (χ1v) is 7.15. The molecule has 0 atom stereocenters. The number of halogens is 1. The lowest BCUT2D eigenvalue weighted by atomic mass is 10.2. The van der Waals surface area contributed by atoms with Crippen molar-refractivity contribution in [2.24, 2.45) is 0 Å². The number of hydrogen-bond acceptors (Lipinski definition) is 3. The maximum atomic E-state index is 12.4. The predicted octanol–water partition coefficient (Wildman–Crippen LogP) is 3.20. The molecule has 1 N–H and O–H groups in total. The van der Waals surface area contributed by atoms with E-state index in [0.29, 0.717) is 10.7 Å². The van der Waals surface area contributed by atoms with Crippen molar-refractivity contribution in [3.05, 3.63) is 77.0 Å². The first kappa shape index (κ1) is 14.4. The molecule has 22 heavy (non-hydrogen) atoms. The van der Waals surface area contributed by atoms with Gasteiger partial charge in [-0.15, -0.1) is 0 Å². The third-order valence-corrected chi connectivity index (χ3v) is 3.53. The van der Waals surface area contributed by atoms with E-state index in [2.05, 4.69) is 5.32 Å². The van der Waals surface area contributed by atoms with E-state index in [0.717, 1.165) is 5.56 Å². The summed E-state index contributed by atoms with van der Waals surface area (Å²) in [5.74, 6) is -0.660. The van der Waals surface area contributed by atoms with Gasteiger partial charge in [0.1, 0.15) is 5.70 Å². The maximum Gasteiger partial charge on any atom is 0.277 e. The predicted molar refractivity (Wildman–Crippen MR) is 85.2 cm³/mol. The fourth-order valence-corrected chi connectivity index (χ4v) is 2.43. The van der Waals surface area contributed by atoms with Gasteiger partial charge < -0.3 is 5.32 Å². The quantitative estimate of drug-likeness (QED) is 0.882. The summed E-state index contributed by atoms with van der Waals surface area (Å²) in [6, 6.07) is 16.4. The normalized spacial score (nSPS) is 14.2. The molecular formula is C17H13ClN2O2. The lowest BCUT2D eigenvalue weighted by molar-refractivity contribution is -0.137. The number of hydrogen-bond donors (Lipinski definition) is 1. The molecule has 5 heteroatoms. The second kappa shape index (κ2) is 6.03.